The van der Waals surface area contributed by atoms with Crippen LogP contribution in [0.5, 0.6) is 0 Å². The van der Waals surface area contributed by atoms with Gasteiger partial charge in [-0.1, -0.05) is 38.8 Å². The first-order valence-corrected chi connectivity index (χ1v) is 10.9. The van der Waals surface area contributed by atoms with Gasteiger partial charge in [-0.05, 0) is 55.8 Å². The number of carboxylic acid groups (broad SMARTS) is 1. The van der Waals surface area contributed by atoms with Gasteiger partial charge in [0.15, 0.2) is 0 Å². The van der Waals surface area contributed by atoms with Gasteiger partial charge in [-0.3, -0.25) is 4.79 Å². The third-order valence-electron chi connectivity index (χ3n) is 8.86. The summed E-state index contributed by atoms with van der Waals surface area (Å²) in [6, 6.07) is -0.0914. The Hall–Kier alpha value is -1.20. The highest BCUT2D eigenvalue weighted by Gasteiger charge is 2.84. The topological polar surface area (TPSA) is 89.6 Å². The van der Waals surface area contributed by atoms with E-state index in [-0.39, 0.29) is 23.8 Å². The van der Waals surface area contributed by atoms with E-state index in [1.165, 1.54) is 0 Å². The molecular formula is C23H35NO4. The molecule has 4 rings (SSSR count). The van der Waals surface area contributed by atoms with Crippen LogP contribution in [0, 0.1) is 45.8 Å². The first kappa shape index (κ1) is 20.1. The SMILES string of the molecule is CC(C)C1=CC2CC3(C=O)C4CCC(C)C4CC2(COC[C@@H](C)N)C13C(=O)O. The summed E-state index contributed by atoms with van der Waals surface area (Å²) < 4.78 is 6.08. The Morgan fingerprint density at radius 1 is 1.36 bits per heavy atom. The van der Waals surface area contributed by atoms with Gasteiger partial charge in [-0.15, -0.1) is 0 Å². The Morgan fingerprint density at radius 2 is 2.07 bits per heavy atom. The molecule has 0 saturated heterocycles. The minimum Gasteiger partial charge on any atom is -0.481 e. The van der Waals surface area contributed by atoms with E-state index >= 15 is 0 Å². The van der Waals surface area contributed by atoms with Crippen molar-refractivity contribution in [2.45, 2.75) is 59.4 Å². The summed E-state index contributed by atoms with van der Waals surface area (Å²) in [5.41, 5.74) is 4.40. The van der Waals surface area contributed by atoms with E-state index in [9.17, 15) is 14.7 Å². The first-order chi connectivity index (χ1) is 13.2. The van der Waals surface area contributed by atoms with Crippen molar-refractivity contribution in [3.05, 3.63) is 11.6 Å². The number of fused-ring (bicyclic) bond motifs is 2. The van der Waals surface area contributed by atoms with Crippen LogP contribution in [0.4, 0.5) is 0 Å². The van der Waals surface area contributed by atoms with Crippen LogP contribution in [0.2, 0.25) is 0 Å². The lowest BCUT2D eigenvalue weighted by atomic mass is 9.43. The van der Waals surface area contributed by atoms with E-state index in [4.69, 9.17) is 10.5 Å². The maximum Gasteiger partial charge on any atom is 0.315 e. The molecule has 8 atom stereocenters. The van der Waals surface area contributed by atoms with Crippen molar-refractivity contribution in [2.75, 3.05) is 13.2 Å². The number of carbonyl (C=O) groups is 2. The highest BCUT2D eigenvalue weighted by atomic mass is 16.5. The van der Waals surface area contributed by atoms with Crippen LogP contribution in [0.1, 0.15) is 53.4 Å². The van der Waals surface area contributed by atoms with Crippen LogP contribution < -0.4 is 5.73 Å². The molecule has 3 N–H and O–H groups in total. The third kappa shape index (κ3) is 2.10. The zero-order valence-corrected chi connectivity index (χ0v) is 17.6. The number of ether oxygens (including phenoxy) is 1. The monoisotopic (exact) mass is 389 g/mol. The maximum atomic E-state index is 13.2. The summed E-state index contributed by atoms with van der Waals surface area (Å²) in [5, 5.41) is 10.8. The number of allylic oxidation sites excluding steroid dienone is 1. The van der Waals surface area contributed by atoms with Crippen LogP contribution in [-0.2, 0) is 14.3 Å². The van der Waals surface area contributed by atoms with Crippen LogP contribution in [0.3, 0.4) is 0 Å². The number of carbonyl (C=O) groups excluding carboxylic acids is 1. The van der Waals surface area contributed by atoms with Crippen molar-refractivity contribution >= 4 is 12.3 Å². The minimum absolute atomic E-state index is 0.0914. The van der Waals surface area contributed by atoms with E-state index in [2.05, 4.69) is 26.8 Å². The Kier molecular flexibility index (Phi) is 4.59. The molecule has 3 fully saturated rings. The summed E-state index contributed by atoms with van der Waals surface area (Å²) in [7, 11) is 0. The van der Waals surface area contributed by atoms with Gasteiger partial charge < -0.3 is 20.4 Å². The minimum atomic E-state index is -1.14. The second kappa shape index (κ2) is 6.40. The molecule has 0 aliphatic heterocycles. The lowest BCUT2D eigenvalue weighted by Crippen LogP contribution is -2.63. The van der Waals surface area contributed by atoms with Crippen molar-refractivity contribution in [3.8, 4) is 0 Å². The van der Waals surface area contributed by atoms with E-state index in [0.717, 1.165) is 31.1 Å². The molecule has 3 saturated carbocycles. The maximum absolute atomic E-state index is 13.2. The molecule has 4 aliphatic carbocycles. The van der Waals surface area contributed by atoms with E-state index in [1.54, 1.807) is 0 Å². The Balaban J connectivity index is 1.90. The normalized spacial score (nSPS) is 47.1. The predicted octanol–water partition coefficient (Wildman–Crippen LogP) is 3.27. The summed E-state index contributed by atoms with van der Waals surface area (Å²) in [6.07, 6.45) is 6.83. The van der Waals surface area contributed by atoms with E-state index < -0.39 is 22.2 Å². The highest BCUT2D eigenvalue weighted by molar-refractivity contribution is 5.90. The van der Waals surface area contributed by atoms with E-state index in [0.29, 0.717) is 31.5 Å². The van der Waals surface area contributed by atoms with Gasteiger partial charge in [0, 0.05) is 11.5 Å². The number of hydrogen-bond acceptors (Lipinski definition) is 4. The Labute approximate surface area is 168 Å². The number of aliphatic carboxylic acids is 1. The largest absolute Gasteiger partial charge is 0.481 e. The standard InChI is InChI=1S/C23H35NO4/c1-13(2)19-7-16-8-21(11-25)18-6-5-14(3)17(18)9-22(16,12-28-10-15(4)24)23(19,21)20(26)27/h7,11,13-18H,5-6,8-10,12,24H2,1-4H3,(H,26,27)/t14?,15-,16?,17?,18?,21?,22?,23?/m1/s1. The summed E-state index contributed by atoms with van der Waals surface area (Å²) >= 11 is 0. The third-order valence-corrected chi connectivity index (χ3v) is 8.86. The van der Waals surface area contributed by atoms with Gasteiger partial charge in [0.25, 0.3) is 0 Å². The predicted molar refractivity (Wildman–Crippen MR) is 106 cm³/mol. The molecule has 0 heterocycles. The van der Waals surface area contributed by atoms with Gasteiger partial charge in [0.2, 0.25) is 0 Å². The average molecular weight is 390 g/mol. The Morgan fingerprint density at radius 3 is 2.64 bits per heavy atom. The molecule has 7 unspecified atom stereocenters. The fraction of sp³-hybridized carbons (Fsp3) is 0.826. The van der Waals surface area contributed by atoms with Crippen LogP contribution in [0.15, 0.2) is 11.6 Å². The van der Waals surface area contributed by atoms with Crippen LogP contribution in [0.25, 0.3) is 0 Å². The molecule has 0 spiro atoms. The van der Waals surface area contributed by atoms with Gasteiger partial charge in [0.05, 0.1) is 18.6 Å². The van der Waals surface area contributed by atoms with Crippen molar-refractivity contribution < 1.29 is 19.4 Å². The Bertz CT molecular complexity index is 715. The first-order valence-electron chi connectivity index (χ1n) is 10.9. The summed E-state index contributed by atoms with van der Waals surface area (Å²) in [5.74, 6) is 0.484. The number of carboxylic acids is 1. The summed E-state index contributed by atoms with van der Waals surface area (Å²) in [4.78, 5) is 26.0. The fourth-order valence-electron chi connectivity index (χ4n) is 8.06. The smallest absolute Gasteiger partial charge is 0.315 e. The van der Waals surface area contributed by atoms with Gasteiger partial charge in [-0.2, -0.15) is 0 Å². The molecule has 4 bridgehead atoms. The number of aldehydes is 1. The van der Waals surface area contributed by atoms with Crippen LogP contribution in [-0.4, -0.2) is 36.6 Å². The second-order valence-corrected chi connectivity index (χ2v) is 10.5. The highest BCUT2D eigenvalue weighted by Crippen LogP contribution is 2.82. The molecule has 0 amide bonds. The molecule has 0 radical (unpaired) electrons. The molecule has 0 aromatic carbocycles. The molecule has 5 nitrogen and oxygen atoms in total. The lowest BCUT2D eigenvalue weighted by molar-refractivity contribution is -0.186. The van der Waals surface area contributed by atoms with Crippen molar-refractivity contribution in [1.29, 1.82) is 0 Å². The quantitative estimate of drug-likeness (QED) is 0.515. The van der Waals surface area contributed by atoms with Gasteiger partial charge in [-0.25, -0.2) is 0 Å². The number of rotatable bonds is 7. The molecule has 0 aromatic heterocycles. The van der Waals surface area contributed by atoms with Crippen molar-refractivity contribution in [2.24, 2.45) is 51.6 Å². The zero-order chi connectivity index (χ0) is 20.5. The van der Waals surface area contributed by atoms with E-state index in [1.807, 2.05) is 6.92 Å². The molecule has 5 heteroatoms. The van der Waals surface area contributed by atoms with Crippen molar-refractivity contribution in [3.63, 3.8) is 0 Å². The summed E-state index contributed by atoms with van der Waals surface area (Å²) in [6.45, 7) is 9.10. The molecule has 0 aromatic rings. The number of nitrogens with two attached hydrogens (primary N) is 1. The van der Waals surface area contributed by atoms with Crippen LogP contribution >= 0.6 is 0 Å². The molecule has 4 aliphatic rings. The van der Waals surface area contributed by atoms with Crippen molar-refractivity contribution in [1.82, 2.24) is 0 Å². The second-order valence-electron chi connectivity index (χ2n) is 10.5. The van der Waals surface area contributed by atoms with Gasteiger partial charge in [0.1, 0.15) is 11.7 Å². The fourth-order valence-corrected chi connectivity index (χ4v) is 8.06. The molecule has 156 valence electrons. The molecular weight excluding hydrogens is 354 g/mol. The lowest BCUT2D eigenvalue weighted by Gasteiger charge is -2.58. The molecule has 28 heavy (non-hydrogen) atoms. The zero-order valence-electron chi connectivity index (χ0n) is 17.6. The average Bonchev–Trinajstić information content (AvgIpc) is 3.18. The number of hydrogen-bond donors (Lipinski definition) is 2. The van der Waals surface area contributed by atoms with Gasteiger partial charge >= 0.3 is 5.97 Å².